The quantitative estimate of drug-likeness (QED) is 0.541. The average Bonchev–Trinajstić information content (AvgIpc) is 3.04. The van der Waals surface area contributed by atoms with E-state index in [1.807, 2.05) is 0 Å². The molecule has 3 rings (SSSR count). The van der Waals surface area contributed by atoms with Crippen molar-refractivity contribution in [3.63, 3.8) is 0 Å². The molecule has 0 aliphatic heterocycles. The standard InChI is InChI=1S/C16H10ClN3O3/c17-14-4-2-1-3-13(14)15-18-9-10-19(15)16(21)11-5-7-12(8-6-11)20(22)23/h1-10H. The number of nitro groups is 1. The third-order valence-electron chi connectivity index (χ3n) is 3.30. The Labute approximate surface area is 136 Å². The summed E-state index contributed by atoms with van der Waals surface area (Å²) in [4.78, 5) is 27.0. The molecular formula is C16H10ClN3O3. The van der Waals surface area contributed by atoms with Crippen molar-refractivity contribution in [2.75, 3.05) is 0 Å². The first-order valence-corrected chi connectivity index (χ1v) is 7.03. The molecule has 0 unspecified atom stereocenters. The highest BCUT2D eigenvalue weighted by molar-refractivity contribution is 6.33. The fourth-order valence-electron chi connectivity index (χ4n) is 2.17. The lowest BCUT2D eigenvalue weighted by Crippen LogP contribution is -2.12. The summed E-state index contributed by atoms with van der Waals surface area (Å²) in [5.74, 6) is 0.0753. The number of imidazole rings is 1. The van der Waals surface area contributed by atoms with Crippen LogP contribution in [-0.4, -0.2) is 20.4 Å². The molecule has 3 aromatic rings. The van der Waals surface area contributed by atoms with E-state index >= 15 is 0 Å². The molecule has 23 heavy (non-hydrogen) atoms. The van der Waals surface area contributed by atoms with E-state index < -0.39 is 4.92 Å². The maximum absolute atomic E-state index is 12.6. The molecule has 0 fully saturated rings. The van der Waals surface area contributed by atoms with Gasteiger partial charge in [-0.2, -0.15) is 0 Å². The highest BCUT2D eigenvalue weighted by atomic mass is 35.5. The minimum Gasteiger partial charge on any atom is -0.268 e. The Balaban J connectivity index is 2.00. The van der Waals surface area contributed by atoms with Gasteiger partial charge < -0.3 is 0 Å². The van der Waals surface area contributed by atoms with Gasteiger partial charge in [0.25, 0.3) is 11.6 Å². The Morgan fingerprint density at radius 2 is 1.83 bits per heavy atom. The number of nitro benzene ring substituents is 1. The maximum Gasteiger partial charge on any atom is 0.269 e. The summed E-state index contributed by atoms with van der Waals surface area (Å²) in [6, 6.07) is 12.5. The fraction of sp³-hybridized carbons (Fsp3) is 0. The molecule has 0 aliphatic rings. The van der Waals surface area contributed by atoms with Crippen LogP contribution >= 0.6 is 11.6 Å². The van der Waals surface area contributed by atoms with E-state index in [9.17, 15) is 14.9 Å². The van der Waals surface area contributed by atoms with E-state index in [1.165, 1.54) is 41.2 Å². The lowest BCUT2D eigenvalue weighted by Gasteiger charge is -2.08. The van der Waals surface area contributed by atoms with Gasteiger partial charge >= 0.3 is 0 Å². The fourth-order valence-corrected chi connectivity index (χ4v) is 2.39. The Morgan fingerprint density at radius 1 is 1.13 bits per heavy atom. The van der Waals surface area contributed by atoms with Crippen molar-refractivity contribution in [3.05, 3.63) is 81.6 Å². The van der Waals surface area contributed by atoms with Gasteiger partial charge in [-0.1, -0.05) is 23.7 Å². The topological polar surface area (TPSA) is 78.0 Å². The van der Waals surface area contributed by atoms with E-state index in [2.05, 4.69) is 4.98 Å². The normalized spacial score (nSPS) is 10.5. The van der Waals surface area contributed by atoms with Gasteiger partial charge in [0.05, 0.1) is 9.95 Å². The SMILES string of the molecule is O=C(c1ccc([N+](=O)[O-])cc1)n1ccnc1-c1ccccc1Cl. The summed E-state index contributed by atoms with van der Waals surface area (Å²) >= 11 is 6.15. The largest absolute Gasteiger partial charge is 0.269 e. The van der Waals surface area contributed by atoms with Gasteiger partial charge in [-0.15, -0.1) is 0 Å². The Hall–Kier alpha value is -2.99. The van der Waals surface area contributed by atoms with Crippen molar-refractivity contribution in [1.82, 2.24) is 9.55 Å². The number of rotatable bonds is 3. The molecule has 0 spiro atoms. The highest BCUT2D eigenvalue weighted by Gasteiger charge is 2.17. The van der Waals surface area contributed by atoms with Gasteiger partial charge in [-0.3, -0.25) is 19.5 Å². The lowest BCUT2D eigenvalue weighted by atomic mass is 10.1. The van der Waals surface area contributed by atoms with Gasteiger partial charge in [0, 0.05) is 35.7 Å². The summed E-state index contributed by atoms with van der Waals surface area (Å²) in [5, 5.41) is 11.2. The molecule has 0 bridgehead atoms. The van der Waals surface area contributed by atoms with Crippen molar-refractivity contribution in [1.29, 1.82) is 0 Å². The first-order chi connectivity index (χ1) is 11.1. The van der Waals surface area contributed by atoms with Crippen LogP contribution in [0.25, 0.3) is 11.4 Å². The Kier molecular flexibility index (Phi) is 3.91. The molecule has 7 heteroatoms. The third kappa shape index (κ3) is 2.84. The minimum absolute atomic E-state index is 0.0708. The predicted molar refractivity (Wildman–Crippen MR) is 85.5 cm³/mol. The number of carbonyl (C=O) groups excluding carboxylic acids is 1. The number of halogens is 1. The van der Waals surface area contributed by atoms with Crippen LogP contribution in [0, 0.1) is 10.1 Å². The van der Waals surface area contributed by atoms with Gasteiger partial charge in [-0.05, 0) is 24.3 Å². The molecule has 1 aromatic heterocycles. The lowest BCUT2D eigenvalue weighted by molar-refractivity contribution is -0.384. The maximum atomic E-state index is 12.6. The first-order valence-electron chi connectivity index (χ1n) is 6.65. The Morgan fingerprint density at radius 3 is 2.48 bits per heavy atom. The average molecular weight is 328 g/mol. The number of hydrogen-bond donors (Lipinski definition) is 0. The van der Waals surface area contributed by atoms with Crippen LogP contribution in [0.5, 0.6) is 0 Å². The highest BCUT2D eigenvalue weighted by Crippen LogP contribution is 2.26. The zero-order valence-corrected chi connectivity index (χ0v) is 12.5. The number of hydrogen-bond acceptors (Lipinski definition) is 4. The second kappa shape index (κ2) is 6.02. The number of nitrogens with zero attached hydrogens (tertiary/aromatic N) is 3. The molecule has 0 N–H and O–H groups in total. The summed E-state index contributed by atoms with van der Waals surface area (Å²) in [5.41, 5.74) is 0.884. The van der Waals surface area contributed by atoms with Crippen molar-refractivity contribution in [2.45, 2.75) is 0 Å². The van der Waals surface area contributed by atoms with E-state index in [-0.39, 0.29) is 11.6 Å². The molecule has 2 aromatic carbocycles. The van der Waals surface area contributed by atoms with E-state index in [0.717, 1.165) is 0 Å². The van der Waals surface area contributed by atoms with Crippen LogP contribution in [-0.2, 0) is 0 Å². The van der Waals surface area contributed by atoms with Crippen LogP contribution in [0.2, 0.25) is 5.02 Å². The van der Waals surface area contributed by atoms with Crippen molar-refractivity contribution >= 4 is 23.2 Å². The van der Waals surface area contributed by atoms with Crippen LogP contribution in [0.3, 0.4) is 0 Å². The first kappa shape index (κ1) is 14.9. The minimum atomic E-state index is -0.513. The van der Waals surface area contributed by atoms with Crippen molar-refractivity contribution < 1.29 is 9.72 Å². The smallest absolute Gasteiger partial charge is 0.268 e. The van der Waals surface area contributed by atoms with Crippen molar-refractivity contribution in [3.8, 4) is 11.4 Å². The molecule has 0 saturated carbocycles. The molecular weight excluding hydrogens is 318 g/mol. The second-order valence-electron chi connectivity index (χ2n) is 4.71. The van der Waals surface area contributed by atoms with E-state index in [0.29, 0.717) is 22.0 Å². The molecule has 0 saturated heterocycles. The molecule has 0 amide bonds. The molecule has 6 nitrogen and oxygen atoms in total. The number of benzene rings is 2. The Bertz CT molecular complexity index is 888. The third-order valence-corrected chi connectivity index (χ3v) is 3.63. The number of non-ortho nitro benzene ring substituents is 1. The zero-order chi connectivity index (χ0) is 16.4. The zero-order valence-electron chi connectivity index (χ0n) is 11.7. The van der Waals surface area contributed by atoms with E-state index in [1.54, 1.807) is 24.3 Å². The van der Waals surface area contributed by atoms with Gasteiger partial charge in [0.1, 0.15) is 5.82 Å². The predicted octanol–water partition coefficient (Wildman–Crippen LogP) is 3.80. The van der Waals surface area contributed by atoms with Gasteiger partial charge in [-0.25, -0.2) is 4.98 Å². The summed E-state index contributed by atoms with van der Waals surface area (Å²) in [6.07, 6.45) is 3.03. The van der Waals surface area contributed by atoms with Crippen LogP contribution < -0.4 is 0 Å². The summed E-state index contributed by atoms with van der Waals surface area (Å²) in [7, 11) is 0. The molecule has 114 valence electrons. The molecule has 0 aliphatic carbocycles. The number of carbonyl (C=O) groups is 1. The summed E-state index contributed by atoms with van der Waals surface area (Å²) < 4.78 is 1.36. The summed E-state index contributed by atoms with van der Waals surface area (Å²) in [6.45, 7) is 0. The monoisotopic (exact) mass is 327 g/mol. The van der Waals surface area contributed by atoms with Crippen LogP contribution in [0.15, 0.2) is 60.9 Å². The van der Waals surface area contributed by atoms with Gasteiger partial charge in [0.15, 0.2) is 0 Å². The molecule has 0 radical (unpaired) electrons. The second-order valence-corrected chi connectivity index (χ2v) is 5.12. The van der Waals surface area contributed by atoms with Crippen molar-refractivity contribution in [2.24, 2.45) is 0 Å². The van der Waals surface area contributed by atoms with Crippen LogP contribution in [0.1, 0.15) is 10.4 Å². The van der Waals surface area contributed by atoms with Gasteiger partial charge in [0.2, 0.25) is 0 Å². The molecule has 1 heterocycles. The van der Waals surface area contributed by atoms with E-state index in [4.69, 9.17) is 11.6 Å². The van der Waals surface area contributed by atoms with Crippen LogP contribution in [0.4, 0.5) is 5.69 Å². The molecule has 0 atom stereocenters. The number of aromatic nitrogens is 2.